The molecule has 6 nitrogen and oxygen atoms in total. The fourth-order valence-corrected chi connectivity index (χ4v) is 5.07. The molecule has 1 atom stereocenters. The van der Waals surface area contributed by atoms with Crippen molar-refractivity contribution in [3.63, 3.8) is 0 Å². The first-order valence-corrected chi connectivity index (χ1v) is 11.6. The van der Waals surface area contributed by atoms with E-state index in [4.69, 9.17) is 0 Å². The molecule has 4 rings (SSSR count). The maximum atomic E-state index is 14.3. The van der Waals surface area contributed by atoms with Gasteiger partial charge in [-0.05, 0) is 44.2 Å². The van der Waals surface area contributed by atoms with Gasteiger partial charge in [-0.2, -0.15) is 22.8 Å². The molecule has 10 heteroatoms. The van der Waals surface area contributed by atoms with Crippen molar-refractivity contribution in [2.24, 2.45) is 5.41 Å². The van der Waals surface area contributed by atoms with Crippen LogP contribution in [0.5, 0.6) is 0 Å². The van der Waals surface area contributed by atoms with Crippen molar-refractivity contribution in [3.8, 4) is 11.3 Å². The van der Waals surface area contributed by atoms with Crippen LogP contribution in [0, 0.1) is 18.2 Å². The van der Waals surface area contributed by atoms with Crippen molar-refractivity contribution >= 4 is 17.4 Å². The molecule has 1 aliphatic heterocycles. The number of rotatable bonds is 5. The highest BCUT2D eigenvalue weighted by atomic mass is 19.4. The van der Waals surface area contributed by atoms with Crippen LogP contribution < -0.4 is 4.90 Å². The molecule has 0 spiro atoms. The summed E-state index contributed by atoms with van der Waals surface area (Å²) in [5.74, 6) is -1.43. The number of aliphatic carboxylic acids is 1. The number of halogens is 4. The molecule has 35 heavy (non-hydrogen) atoms. The summed E-state index contributed by atoms with van der Waals surface area (Å²) in [5, 5.41) is 14.6. The average molecular weight is 493 g/mol. The van der Waals surface area contributed by atoms with E-state index in [0.29, 0.717) is 44.1 Å². The lowest BCUT2D eigenvalue weighted by atomic mass is 9.77. The van der Waals surface area contributed by atoms with Gasteiger partial charge >= 0.3 is 12.1 Å². The summed E-state index contributed by atoms with van der Waals surface area (Å²) < 4.78 is 54.9. The van der Waals surface area contributed by atoms with Crippen molar-refractivity contribution in [2.45, 2.75) is 59.1 Å². The van der Waals surface area contributed by atoms with Crippen molar-refractivity contribution in [3.05, 3.63) is 46.9 Å². The minimum Gasteiger partial charge on any atom is -0.481 e. The van der Waals surface area contributed by atoms with E-state index in [-0.39, 0.29) is 17.2 Å². The van der Waals surface area contributed by atoms with Crippen LogP contribution >= 0.6 is 0 Å². The van der Waals surface area contributed by atoms with Crippen LogP contribution in [0.3, 0.4) is 0 Å². The summed E-state index contributed by atoms with van der Waals surface area (Å²) in [6, 6.07) is 4.34. The lowest BCUT2D eigenvalue weighted by molar-refractivity contribution is -0.149. The van der Waals surface area contributed by atoms with Gasteiger partial charge in [-0.1, -0.05) is 26.8 Å². The van der Waals surface area contributed by atoms with Crippen LogP contribution in [0.15, 0.2) is 24.3 Å². The fourth-order valence-electron chi connectivity index (χ4n) is 5.07. The molecule has 0 unspecified atom stereocenters. The van der Waals surface area contributed by atoms with Crippen molar-refractivity contribution in [1.29, 1.82) is 0 Å². The van der Waals surface area contributed by atoms with E-state index in [2.05, 4.69) is 10.1 Å². The van der Waals surface area contributed by atoms with Crippen LogP contribution in [-0.4, -0.2) is 38.8 Å². The molecule has 3 aromatic rings. The summed E-state index contributed by atoms with van der Waals surface area (Å²) >= 11 is 0. The molecular formula is C25H28F4N4O2. The fraction of sp³-hybridized carbons (Fsp3) is 0.480. The Morgan fingerprint density at radius 1 is 1.26 bits per heavy atom. The van der Waals surface area contributed by atoms with E-state index >= 15 is 0 Å². The molecule has 0 amide bonds. The predicted molar refractivity (Wildman–Crippen MR) is 124 cm³/mol. The number of aromatic nitrogens is 3. The van der Waals surface area contributed by atoms with Crippen LogP contribution in [0.4, 0.5) is 23.4 Å². The van der Waals surface area contributed by atoms with Gasteiger partial charge in [0.25, 0.3) is 0 Å². The van der Waals surface area contributed by atoms with Gasteiger partial charge in [-0.25, -0.2) is 9.37 Å². The number of hydrogen-bond donors (Lipinski definition) is 1. The number of hydrogen-bond acceptors (Lipinski definition) is 4. The first-order chi connectivity index (χ1) is 16.4. The Bertz CT molecular complexity index is 1280. The topological polar surface area (TPSA) is 70.7 Å². The second-order valence-electron chi connectivity index (χ2n) is 9.55. The number of carboxylic acids is 1. The number of carboxylic acid groups (broad SMARTS) is 1. The van der Waals surface area contributed by atoms with Gasteiger partial charge in [-0.3, -0.25) is 4.79 Å². The highest BCUT2D eigenvalue weighted by Crippen LogP contribution is 2.40. The highest BCUT2D eigenvalue weighted by molar-refractivity contribution is 5.76. The standard InChI is InChI=1S/C25H28F4N4O2/c1-5-24(23(34)35)9-6-10-32(13-24)22-21(14(2)3)15(4)30-20-12-19(31-33(20)22)16-7-8-17(18(26)11-16)25(27,28)29/h7-8,11-12,14H,5-6,9-10,13H2,1-4H3,(H,34,35)/t24-/m0/s1. The second kappa shape index (κ2) is 8.80. The lowest BCUT2D eigenvalue weighted by Gasteiger charge is -2.41. The summed E-state index contributed by atoms with van der Waals surface area (Å²) in [6.45, 7) is 8.72. The van der Waals surface area contributed by atoms with E-state index in [0.717, 1.165) is 23.1 Å². The largest absolute Gasteiger partial charge is 0.481 e. The molecular weight excluding hydrogens is 464 g/mol. The van der Waals surface area contributed by atoms with Crippen LogP contribution in [0.25, 0.3) is 16.9 Å². The van der Waals surface area contributed by atoms with Crippen molar-refractivity contribution in [1.82, 2.24) is 14.6 Å². The van der Waals surface area contributed by atoms with Crippen molar-refractivity contribution in [2.75, 3.05) is 18.0 Å². The Balaban J connectivity index is 1.88. The Morgan fingerprint density at radius 3 is 2.54 bits per heavy atom. The minimum atomic E-state index is -4.79. The quantitative estimate of drug-likeness (QED) is 0.438. The van der Waals surface area contributed by atoms with Gasteiger partial charge in [0, 0.05) is 36.0 Å². The Hall–Kier alpha value is -3.17. The molecule has 1 fully saturated rings. The third kappa shape index (κ3) is 4.34. The van der Waals surface area contributed by atoms with Gasteiger partial charge in [-0.15, -0.1) is 0 Å². The van der Waals surface area contributed by atoms with Gasteiger partial charge in [0.15, 0.2) is 5.65 Å². The number of carbonyl (C=O) groups is 1. The number of piperidine rings is 1. The summed E-state index contributed by atoms with van der Waals surface area (Å²) in [7, 11) is 0. The zero-order chi connectivity index (χ0) is 25.7. The third-order valence-corrected chi connectivity index (χ3v) is 6.96. The number of nitrogens with zero attached hydrogens (tertiary/aromatic N) is 4. The molecule has 0 aliphatic carbocycles. The first kappa shape index (κ1) is 24.9. The number of benzene rings is 1. The van der Waals surface area contributed by atoms with Crippen LogP contribution in [0.1, 0.15) is 62.8 Å². The van der Waals surface area contributed by atoms with Crippen LogP contribution in [0.2, 0.25) is 0 Å². The normalized spacial score (nSPS) is 19.1. The van der Waals surface area contributed by atoms with Gasteiger partial charge in [0.1, 0.15) is 11.6 Å². The molecule has 1 saturated heterocycles. The molecule has 0 bridgehead atoms. The van der Waals surface area contributed by atoms with E-state index in [9.17, 15) is 27.5 Å². The smallest absolute Gasteiger partial charge is 0.419 e. The molecule has 0 saturated carbocycles. The number of fused-ring (bicyclic) bond motifs is 1. The average Bonchev–Trinajstić information content (AvgIpc) is 3.20. The molecule has 188 valence electrons. The second-order valence-corrected chi connectivity index (χ2v) is 9.55. The van der Waals surface area contributed by atoms with Gasteiger partial charge in [0.05, 0.1) is 16.7 Å². The zero-order valence-corrected chi connectivity index (χ0v) is 20.1. The van der Waals surface area contributed by atoms with Gasteiger partial charge in [0.2, 0.25) is 0 Å². The number of anilines is 1. The predicted octanol–water partition coefficient (Wildman–Crippen LogP) is 6.07. The minimum absolute atomic E-state index is 0.0563. The molecule has 1 aromatic carbocycles. The van der Waals surface area contributed by atoms with E-state index in [1.54, 1.807) is 10.6 Å². The summed E-state index contributed by atoms with van der Waals surface area (Å²) in [4.78, 5) is 18.9. The Kier molecular flexibility index (Phi) is 6.27. The highest BCUT2D eigenvalue weighted by Gasteiger charge is 2.42. The van der Waals surface area contributed by atoms with Gasteiger partial charge < -0.3 is 10.0 Å². The van der Waals surface area contributed by atoms with Crippen molar-refractivity contribution < 1.29 is 27.5 Å². The Labute approximate surface area is 200 Å². The number of alkyl halides is 3. The molecule has 1 aliphatic rings. The zero-order valence-electron chi connectivity index (χ0n) is 20.1. The van der Waals surface area contributed by atoms with E-state index in [1.165, 1.54) is 6.07 Å². The Morgan fingerprint density at radius 2 is 1.97 bits per heavy atom. The number of aryl methyl sites for hydroxylation is 1. The SMILES string of the molecule is CC[C@]1(C(=O)O)CCCN(c2c(C(C)C)c(C)nc3cc(-c4ccc(C(F)(F)F)c(F)c4)nn23)C1. The first-order valence-electron chi connectivity index (χ1n) is 11.6. The van der Waals surface area contributed by atoms with Crippen LogP contribution in [-0.2, 0) is 11.0 Å². The summed E-state index contributed by atoms with van der Waals surface area (Å²) in [6.07, 6.45) is -3.03. The molecule has 1 N–H and O–H groups in total. The maximum Gasteiger partial charge on any atom is 0.419 e. The molecule has 0 radical (unpaired) electrons. The summed E-state index contributed by atoms with van der Waals surface area (Å²) in [5.41, 5.74) is 0.396. The monoisotopic (exact) mass is 492 g/mol. The van der Waals surface area contributed by atoms with E-state index < -0.39 is 28.9 Å². The van der Waals surface area contributed by atoms with E-state index in [1.807, 2.05) is 32.6 Å². The third-order valence-electron chi connectivity index (χ3n) is 6.96. The molecule has 2 aromatic heterocycles. The lowest BCUT2D eigenvalue weighted by Crippen LogP contribution is -2.48. The molecule has 3 heterocycles. The maximum absolute atomic E-state index is 14.3.